The summed E-state index contributed by atoms with van der Waals surface area (Å²) in [5.41, 5.74) is 4.78. The van der Waals surface area contributed by atoms with Crippen LogP contribution in [0, 0.1) is 6.92 Å². The van der Waals surface area contributed by atoms with Crippen molar-refractivity contribution in [1.82, 2.24) is 9.55 Å². The highest BCUT2D eigenvalue weighted by molar-refractivity contribution is 9.10. The van der Waals surface area contributed by atoms with Crippen LogP contribution in [0.4, 0.5) is 5.95 Å². The average Bonchev–Trinajstić information content (AvgIpc) is 2.89. The van der Waals surface area contributed by atoms with Gasteiger partial charge in [-0.05, 0) is 30.2 Å². The van der Waals surface area contributed by atoms with Crippen molar-refractivity contribution in [3.63, 3.8) is 0 Å². The largest absolute Gasteiger partial charge is 0.352 e. The van der Waals surface area contributed by atoms with Crippen LogP contribution in [-0.4, -0.2) is 9.55 Å². The number of imidazole rings is 1. The summed E-state index contributed by atoms with van der Waals surface area (Å²) in [5.74, 6) is 0.874. The zero-order valence-electron chi connectivity index (χ0n) is 12.7. The molecule has 0 bridgehead atoms. The number of anilines is 1. The number of rotatable bonds is 4. The molecule has 3 aromatic rings. The highest BCUT2D eigenvalue weighted by Crippen LogP contribution is 2.22. The molecule has 0 atom stereocenters. The Balaban J connectivity index is 1.75. The second-order valence-corrected chi connectivity index (χ2v) is 6.29. The number of halogens is 1. The number of hydrogen-bond acceptors (Lipinski definition) is 2. The van der Waals surface area contributed by atoms with Crippen LogP contribution in [0.2, 0.25) is 0 Å². The first-order valence-electron chi connectivity index (χ1n) is 7.20. The van der Waals surface area contributed by atoms with E-state index in [-0.39, 0.29) is 0 Å². The fourth-order valence-electron chi connectivity index (χ4n) is 2.35. The van der Waals surface area contributed by atoms with E-state index in [1.54, 1.807) is 0 Å². The standard InChI is InChI=1S/C18H18BrN3/c1-13-3-7-15(8-4-13)17-12-21-18(22(17)2)20-11-14-5-9-16(19)10-6-14/h3-10,12H,11H2,1-2H3,(H,20,21). The van der Waals surface area contributed by atoms with Gasteiger partial charge in [0.2, 0.25) is 5.95 Å². The fourth-order valence-corrected chi connectivity index (χ4v) is 2.61. The zero-order chi connectivity index (χ0) is 15.5. The predicted molar refractivity (Wildman–Crippen MR) is 94.8 cm³/mol. The third kappa shape index (κ3) is 3.22. The Hall–Kier alpha value is -2.07. The number of aromatic nitrogens is 2. The molecule has 3 nitrogen and oxygen atoms in total. The maximum Gasteiger partial charge on any atom is 0.203 e. The molecule has 0 spiro atoms. The second kappa shape index (κ2) is 6.36. The van der Waals surface area contributed by atoms with E-state index in [0.717, 1.165) is 22.7 Å². The monoisotopic (exact) mass is 355 g/mol. The van der Waals surface area contributed by atoms with Gasteiger partial charge in [0.05, 0.1) is 11.9 Å². The lowest BCUT2D eigenvalue weighted by Gasteiger charge is -2.09. The molecule has 0 aliphatic carbocycles. The van der Waals surface area contributed by atoms with E-state index in [1.807, 2.05) is 25.4 Å². The summed E-state index contributed by atoms with van der Waals surface area (Å²) in [6.07, 6.45) is 1.91. The van der Waals surface area contributed by atoms with Crippen LogP contribution >= 0.6 is 15.9 Å². The van der Waals surface area contributed by atoms with Crippen molar-refractivity contribution in [3.8, 4) is 11.3 Å². The molecular weight excluding hydrogens is 338 g/mol. The molecule has 0 saturated heterocycles. The van der Waals surface area contributed by atoms with E-state index in [9.17, 15) is 0 Å². The van der Waals surface area contributed by atoms with Crippen molar-refractivity contribution in [1.29, 1.82) is 0 Å². The van der Waals surface area contributed by atoms with Gasteiger partial charge in [-0.2, -0.15) is 0 Å². The van der Waals surface area contributed by atoms with E-state index >= 15 is 0 Å². The van der Waals surface area contributed by atoms with Crippen LogP contribution in [0.3, 0.4) is 0 Å². The average molecular weight is 356 g/mol. The van der Waals surface area contributed by atoms with Crippen LogP contribution in [0.15, 0.2) is 59.2 Å². The fraction of sp³-hybridized carbons (Fsp3) is 0.167. The molecule has 1 heterocycles. The molecule has 1 N–H and O–H groups in total. The molecule has 0 aliphatic rings. The predicted octanol–water partition coefficient (Wildman–Crippen LogP) is 4.77. The molecule has 22 heavy (non-hydrogen) atoms. The van der Waals surface area contributed by atoms with Crippen molar-refractivity contribution in [2.45, 2.75) is 13.5 Å². The Morgan fingerprint density at radius 1 is 1.05 bits per heavy atom. The van der Waals surface area contributed by atoms with Gasteiger partial charge in [-0.1, -0.05) is 57.9 Å². The van der Waals surface area contributed by atoms with E-state index in [4.69, 9.17) is 0 Å². The van der Waals surface area contributed by atoms with Crippen molar-refractivity contribution >= 4 is 21.9 Å². The van der Waals surface area contributed by atoms with Crippen LogP contribution in [0.25, 0.3) is 11.3 Å². The number of aryl methyl sites for hydroxylation is 1. The third-order valence-corrected chi connectivity index (χ3v) is 4.23. The minimum Gasteiger partial charge on any atom is -0.352 e. The second-order valence-electron chi connectivity index (χ2n) is 5.37. The molecule has 0 radical (unpaired) electrons. The van der Waals surface area contributed by atoms with E-state index in [1.165, 1.54) is 16.7 Å². The van der Waals surface area contributed by atoms with Crippen LogP contribution < -0.4 is 5.32 Å². The molecule has 2 aromatic carbocycles. The summed E-state index contributed by atoms with van der Waals surface area (Å²) in [7, 11) is 2.03. The smallest absolute Gasteiger partial charge is 0.203 e. The van der Waals surface area contributed by atoms with E-state index in [2.05, 4.69) is 74.1 Å². The summed E-state index contributed by atoms with van der Waals surface area (Å²) < 4.78 is 3.18. The van der Waals surface area contributed by atoms with Gasteiger partial charge in [-0.15, -0.1) is 0 Å². The van der Waals surface area contributed by atoms with Gasteiger partial charge in [0.25, 0.3) is 0 Å². The van der Waals surface area contributed by atoms with Gasteiger partial charge in [0.15, 0.2) is 0 Å². The molecule has 0 aliphatic heterocycles. The summed E-state index contributed by atoms with van der Waals surface area (Å²) in [6.45, 7) is 2.85. The van der Waals surface area contributed by atoms with Crippen molar-refractivity contribution in [2.75, 3.05) is 5.32 Å². The Bertz CT molecular complexity index is 758. The Morgan fingerprint density at radius 3 is 2.41 bits per heavy atom. The minimum atomic E-state index is 0.755. The van der Waals surface area contributed by atoms with Crippen LogP contribution in [0.5, 0.6) is 0 Å². The first-order chi connectivity index (χ1) is 10.6. The van der Waals surface area contributed by atoms with Crippen molar-refractivity contribution in [3.05, 3.63) is 70.3 Å². The number of benzene rings is 2. The minimum absolute atomic E-state index is 0.755. The molecule has 0 amide bonds. The van der Waals surface area contributed by atoms with Crippen molar-refractivity contribution in [2.24, 2.45) is 7.05 Å². The van der Waals surface area contributed by atoms with Gasteiger partial charge < -0.3 is 9.88 Å². The number of nitrogens with one attached hydrogen (secondary N) is 1. The highest BCUT2D eigenvalue weighted by Gasteiger charge is 2.08. The topological polar surface area (TPSA) is 29.9 Å². The molecule has 0 saturated carbocycles. The van der Waals surface area contributed by atoms with Crippen LogP contribution in [0.1, 0.15) is 11.1 Å². The van der Waals surface area contributed by atoms with Crippen LogP contribution in [-0.2, 0) is 13.6 Å². The lowest BCUT2D eigenvalue weighted by atomic mass is 10.1. The van der Waals surface area contributed by atoms with E-state index < -0.39 is 0 Å². The summed E-state index contributed by atoms with van der Waals surface area (Å²) in [5, 5.41) is 3.39. The van der Waals surface area contributed by atoms with Gasteiger partial charge >= 0.3 is 0 Å². The summed E-state index contributed by atoms with van der Waals surface area (Å²) in [4.78, 5) is 4.49. The van der Waals surface area contributed by atoms with Gasteiger partial charge in [0, 0.05) is 18.1 Å². The zero-order valence-corrected chi connectivity index (χ0v) is 14.3. The molecule has 1 aromatic heterocycles. The lowest BCUT2D eigenvalue weighted by Crippen LogP contribution is -2.05. The first-order valence-corrected chi connectivity index (χ1v) is 8.00. The molecule has 112 valence electrons. The summed E-state index contributed by atoms with van der Waals surface area (Å²) in [6, 6.07) is 16.8. The van der Waals surface area contributed by atoms with Gasteiger partial charge in [-0.3, -0.25) is 0 Å². The molecule has 3 rings (SSSR count). The SMILES string of the molecule is Cc1ccc(-c2cnc(NCc3ccc(Br)cc3)n2C)cc1. The first kappa shape index (κ1) is 14.9. The Morgan fingerprint density at radius 2 is 1.73 bits per heavy atom. The summed E-state index contributed by atoms with van der Waals surface area (Å²) >= 11 is 3.45. The van der Waals surface area contributed by atoms with E-state index in [0.29, 0.717) is 0 Å². The van der Waals surface area contributed by atoms with Gasteiger partial charge in [-0.25, -0.2) is 4.98 Å². The van der Waals surface area contributed by atoms with Crippen molar-refractivity contribution < 1.29 is 0 Å². The lowest BCUT2D eigenvalue weighted by molar-refractivity contribution is 0.906. The maximum atomic E-state index is 4.49. The Labute approximate surface area is 139 Å². The highest BCUT2D eigenvalue weighted by atomic mass is 79.9. The normalized spacial score (nSPS) is 10.7. The Kier molecular flexibility index (Phi) is 4.29. The molecular formula is C18H18BrN3. The number of hydrogen-bond donors (Lipinski definition) is 1. The molecule has 4 heteroatoms. The number of nitrogens with zero attached hydrogens (tertiary/aromatic N) is 2. The molecule has 0 unspecified atom stereocenters. The van der Waals surface area contributed by atoms with Gasteiger partial charge in [0.1, 0.15) is 0 Å². The molecule has 0 fully saturated rings. The quantitative estimate of drug-likeness (QED) is 0.730. The maximum absolute atomic E-state index is 4.49. The third-order valence-electron chi connectivity index (χ3n) is 3.70.